The first-order valence-corrected chi connectivity index (χ1v) is 5.66. The van der Waals surface area contributed by atoms with Gasteiger partial charge in [-0.15, -0.1) is 0 Å². The van der Waals surface area contributed by atoms with Crippen molar-refractivity contribution < 1.29 is 0 Å². The Kier molecular flexibility index (Phi) is 3.28. The lowest BCUT2D eigenvalue weighted by Gasteiger charge is -2.17. The molecule has 2 heterocycles. The number of rotatable bonds is 3. The van der Waals surface area contributed by atoms with E-state index in [1.54, 1.807) is 10.7 Å². The number of hydrogen-bond donors (Lipinski definition) is 0. The van der Waals surface area contributed by atoms with Crippen LogP contribution in [0.2, 0.25) is 0 Å². The summed E-state index contributed by atoms with van der Waals surface area (Å²) in [5, 5.41) is 13.0. The standard InChI is InChI=1S/C13H15N5/c1-10-12(6-14)4-5-13(16-10)17(2)8-11-7-15-18(3)9-11/h4-5,7,9H,8H2,1-3H3. The van der Waals surface area contributed by atoms with Crippen molar-refractivity contribution in [3.8, 4) is 6.07 Å². The van der Waals surface area contributed by atoms with Crippen molar-refractivity contribution in [2.45, 2.75) is 13.5 Å². The summed E-state index contributed by atoms with van der Waals surface area (Å²) < 4.78 is 1.78. The van der Waals surface area contributed by atoms with Crippen LogP contribution in [0.3, 0.4) is 0 Å². The van der Waals surface area contributed by atoms with Gasteiger partial charge in [0.15, 0.2) is 0 Å². The first-order valence-electron chi connectivity index (χ1n) is 5.66. The molecule has 0 aromatic carbocycles. The van der Waals surface area contributed by atoms with Crippen LogP contribution in [0.1, 0.15) is 16.8 Å². The van der Waals surface area contributed by atoms with E-state index in [0.717, 1.165) is 23.6 Å². The summed E-state index contributed by atoms with van der Waals surface area (Å²) in [6.45, 7) is 2.59. The van der Waals surface area contributed by atoms with E-state index in [1.165, 1.54) is 0 Å². The van der Waals surface area contributed by atoms with Crippen LogP contribution in [-0.4, -0.2) is 21.8 Å². The van der Waals surface area contributed by atoms with Crippen LogP contribution in [0.5, 0.6) is 0 Å². The van der Waals surface area contributed by atoms with Gasteiger partial charge < -0.3 is 4.90 Å². The number of nitriles is 1. The SMILES string of the molecule is Cc1nc(N(C)Cc2cnn(C)c2)ccc1C#N. The summed E-state index contributed by atoms with van der Waals surface area (Å²) in [4.78, 5) is 6.46. The van der Waals surface area contributed by atoms with Gasteiger partial charge in [0.25, 0.3) is 0 Å². The quantitative estimate of drug-likeness (QED) is 0.819. The van der Waals surface area contributed by atoms with Gasteiger partial charge in [-0.25, -0.2) is 4.98 Å². The first kappa shape index (κ1) is 12.1. The van der Waals surface area contributed by atoms with E-state index in [1.807, 2.05) is 44.4 Å². The van der Waals surface area contributed by atoms with Crippen molar-refractivity contribution >= 4 is 5.82 Å². The fourth-order valence-electron chi connectivity index (χ4n) is 1.79. The minimum Gasteiger partial charge on any atom is -0.355 e. The highest BCUT2D eigenvalue weighted by atomic mass is 15.2. The number of anilines is 1. The van der Waals surface area contributed by atoms with E-state index in [4.69, 9.17) is 5.26 Å². The molecule has 0 fully saturated rings. The molecule has 92 valence electrons. The largest absolute Gasteiger partial charge is 0.355 e. The van der Waals surface area contributed by atoms with Gasteiger partial charge in [-0.2, -0.15) is 10.4 Å². The van der Waals surface area contributed by atoms with Crippen molar-refractivity contribution in [3.05, 3.63) is 41.3 Å². The molecule has 0 atom stereocenters. The minimum absolute atomic E-state index is 0.619. The lowest BCUT2D eigenvalue weighted by Crippen LogP contribution is -2.17. The van der Waals surface area contributed by atoms with Crippen LogP contribution in [0.25, 0.3) is 0 Å². The lowest BCUT2D eigenvalue weighted by atomic mass is 10.2. The number of nitrogens with zero attached hydrogens (tertiary/aromatic N) is 5. The number of hydrogen-bond acceptors (Lipinski definition) is 4. The average Bonchev–Trinajstić information content (AvgIpc) is 2.74. The molecule has 2 aromatic rings. The van der Waals surface area contributed by atoms with Crippen LogP contribution in [0.4, 0.5) is 5.82 Å². The predicted octanol–water partition coefficient (Wildman–Crippen LogP) is 1.63. The molecule has 2 aromatic heterocycles. The Balaban J connectivity index is 2.16. The van der Waals surface area contributed by atoms with Crippen LogP contribution in [-0.2, 0) is 13.6 Å². The zero-order valence-corrected chi connectivity index (χ0v) is 10.8. The minimum atomic E-state index is 0.619. The average molecular weight is 241 g/mol. The zero-order chi connectivity index (χ0) is 13.1. The Morgan fingerprint density at radius 1 is 1.44 bits per heavy atom. The molecule has 5 nitrogen and oxygen atoms in total. The fraction of sp³-hybridized carbons (Fsp3) is 0.308. The van der Waals surface area contributed by atoms with Crippen molar-refractivity contribution in [1.82, 2.24) is 14.8 Å². The highest BCUT2D eigenvalue weighted by Gasteiger charge is 2.07. The van der Waals surface area contributed by atoms with Crippen molar-refractivity contribution in [1.29, 1.82) is 5.26 Å². The van der Waals surface area contributed by atoms with Crippen LogP contribution < -0.4 is 4.90 Å². The van der Waals surface area contributed by atoms with E-state index < -0.39 is 0 Å². The second kappa shape index (κ2) is 4.88. The van der Waals surface area contributed by atoms with E-state index >= 15 is 0 Å². The molecule has 0 unspecified atom stereocenters. The van der Waals surface area contributed by atoms with Crippen molar-refractivity contribution in [2.24, 2.45) is 7.05 Å². The summed E-state index contributed by atoms with van der Waals surface area (Å²) in [5.74, 6) is 0.857. The van der Waals surface area contributed by atoms with Crippen LogP contribution in [0, 0.1) is 18.3 Å². The van der Waals surface area contributed by atoms with Gasteiger partial charge in [0.05, 0.1) is 17.5 Å². The summed E-state index contributed by atoms with van der Waals surface area (Å²) in [5.41, 5.74) is 2.50. The third-order valence-electron chi connectivity index (χ3n) is 2.76. The van der Waals surface area contributed by atoms with Gasteiger partial charge in [-0.1, -0.05) is 0 Å². The third kappa shape index (κ3) is 2.48. The van der Waals surface area contributed by atoms with Crippen molar-refractivity contribution in [3.63, 3.8) is 0 Å². The Bertz CT molecular complexity index is 594. The molecule has 0 aliphatic heterocycles. The number of pyridine rings is 1. The van der Waals surface area contributed by atoms with Gasteiger partial charge in [-0.05, 0) is 19.1 Å². The van der Waals surface area contributed by atoms with E-state index in [2.05, 4.69) is 16.2 Å². The maximum Gasteiger partial charge on any atom is 0.128 e. The third-order valence-corrected chi connectivity index (χ3v) is 2.76. The van der Waals surface area contributed by atoms with Crippen LogP contribution in [0.15, 0.2) is 24.5 Å². The summed E-state index contributed by atoms with van der Waals surface area (Å²) in [6.07, 6.45) is 3.82. The van der Waals surface area contributed by atoms with Gasteiger partial charge in [-0.3, -0.25) is 4.68 Å². The number of aromatic nitrogens is 3. The molecule has 0 amide bonds. The lowest BCUT2D eigenvalue weighted by molar-refractivity contribution is 0.766. The molecular formula is C13H15N5. The van der Waals surface area contributed by atoms with E-state index in [0.29, 0.717) is 5.56 Å². The second-order valence-electron chi connectivity index (χ2n) is 4.29. The summed E-state index contributed by atoms with van der Waals surface area (Å²) in [6, 6.07) is 5.79. The van der Waals surface area contributed by atoms with Gasteiger partial charge >= 0.3 is 0 Å². The maximum absolute atomic E-state index is 8.87. The predicted molar refractivity (Wildman–Crippen MR) is 69.0 cm³/mol. The Morgan fingerprint density at radius 3 is 2.78 bits per heavy atom. The molecule has 5 heteroatoms. The molecule has 0 saturated heterocycles. The van der Waals surface area contributed by atoms with Crippen LogP contribution >= 0.6 is 0 Å². The fourth-order valence-corrected chi connectivity index (χ4v) is 1.79. The van der Waals surface area contributed by atoms with Gasteiger partial charge in [0.1, 0.15) is 11.9 Å². The van der Waals surface area contributed by atoms with Gasteiger partial charge in [0.2, 0.25) is 0 Å². The normalized spacial score (nSPS) is 10.1. The maximum atomic E-state index is 8.87. The Morgan fingerprint density at radius 2 is 2.22 bits per heavy atom. The molecular weight excluding hydrogens is 226 g/mol. The summed E-state index contributed by atoms with van der Waals surface area (Å²) >= 11 is 0. The summed E-state index contributed by atoms with van der Waals surface area (Å²) in [7, 11) is 3.87. The Labute approximate surface area is 106 Å². The van der Waals surface area contributed by atoms with E-state index in [-0.39, 0.29) is 0 Å². The molecule has 0 spiro atoms. The molecule has 0 radical (unpaired) electrons. The molecule has 0 saturated carbocycles. The highest BCUT2D eigenvalue weighted by molar-refractivity contribution is 5.44. The smallest absolute Gasteiger partial charge is 0.128 e. The molecule has 0 aliphatic carbocycles. The molecule has 0 N–H and O–H groups in total. The Hall–Kier alpha value is -2.35. The molecule has 2 rings (SSSR count). The first-order chi connectivity index (χ1) is 8.60. The number of aryl methyl sites for hydroxylation is 2. The zero-order valence-electron chi connectivity index (χ0n) is 10.8. The second-order valence-corrected chi connectivity index (χ2v) is 4.29. The molecule has 18 heavy (non-hydrogen) atoms. The topological polar surface area (TPSA) is 57.7 Å². The highest BCUT2D eigenvalue weighted by Crippen LogP contribution is 2.15. The van der Waals surface area contributed by atoms with Gasteiger partial charge in [0, 0.05) is 32.4 Å². The van der Waals surface area contributed by atoms with E-state index in [9.17, 15) is 0 Å². The van der Waals surface area contributed by atoms with Crippen molar-refractivity contribution in [2.75, 3.05) is 11.9 Å². The monoisotopic (exact) mass is 241 g/mol. The molecule has 0 aliphatic rings. The molecule has 0 bridgehead atoms.